The van der Waals surface area contributed by atoms with Gasteiger partial charge in [0.15, 0.2) is 5.13 Å². The Kier molecular flexibility index (Phi) is 3.13. The van der Waals surface area contributed by atoms with Gasteiger partial charge in [0.2, 0.25) is 0 Å². The third-order valence-corrected chi connectivity index (χ3v) is 5.24. The Morgan fingerprint density at radius 3 is 2.81 bits per heavy atom. The first-order chi connectivity index (χ1) is 10.4. The molecule has 4 heteroatoms. The number of anilines is 1. The Balaban J connectivity index is 1.78. The van der Waals surface area contributed by atoms with Gasteiger partial charge >= 0.3 is 0 Å². The molecular weight excluding hydrogens is 278 g/mol. The monoisotopic (exact) mass is 295 g/mol. The number of hydrogen-bond donors (Lipinski definition) is 1. The lowest BCUT2D eigenvalue weighted by Crippen LogP contribution is -2.39. The van der Waals surface area contributed by atoms with Gasteiger partial charge in [-0.3, -0.25) is 0 Å². The van der Waals surface area contributed by atoms with Gasteiger partial charge in [-0.1, -0.05) is 47.7 Å². The number of nitrogens with two attached hydrogens (primary N) is 1. The minimum Gasteiger partial charge on any atom is -0.339 e. The highest BCUT2D eigenvalue weighted by Gasteiger charge is 2.28. The zero-order valence-electron chi connectivity index (χ0n) is 11.7. The molecule has 2 N–H and O–H groups in total. The van der Waals surface area contributed by atoms with Crippen molar-refractivity contribution in [3.63, 3.8) is 0 Å². The van der Waals surface area contributed by atoms with E-state index >= 15 is 0 Å². The maximum atomic E-state index is 6.08. The van der Waals surface area contributed by atoms with Crippen molar-refractivity contribution < 1.29 is 0 Å². The fraction of sp³-hybridized carbons (Fsp3) is 0.235. The quantitative estimate of drug-likeness (QED) is 0.788. The van der Waals surface area contributed by atoms with Crippen LogP contribution in [0.1, 0.15) is 17.2 Å². The lowest BCUT2D eigenvalue weighted by molar-refractivity contribution is 0.589. The molecule has 3 nitrogen and oxygen atoms in total. The van der Waals surface area contributed by atoms with Gasteiger partial charge in [0.25, 0.3) is 0 Å². The van der Waals surface area contributed by atoms with Crippen molar-refractivity contribution >= 4 is 26.7 Å². The van der Waals surface area contributed by atoms with Gasteiger partial charge in [-0.15, -0.1) is 0 Å². The SMILES string of the molecule is NCC1c2ccccc2CCN1c1nc2ccccc2s1. The van der Waals surface area contributed by atoms with Crippen LogP contribution in [0.5, 0.6) is 0 Å². The third-order valence-electron chi connectivity index (χ3n) is 4.16. The van der Waals surface area contributed by atoms with Crippen LogP contribution in [-0.2, 0) is 6.42 Å². The number of hydrogen-bond acceptors (Lipinski definition) is 4. The Morgan fingerprint density at radius 1 is 1.14 bits per heavy atom. The number of aromatic nitrogens is 1. The van der Waals surface area contributed by atoms with Crippen LogP contribution in [-0.4, -0.2) is 18.1 Å². The van der Waals surface area contributed by atoms with E-state index in [1.165, 1.54) is 15.8 Å². The number of fused-ring (bicyclic) bond motifs is 2. The molecule has 0 saturated carbocycles. The minimum absolute atomic E-state index is 0.232. The van der Waals surface area contributed by atoms with Crippen LogP contribution in [0, 0.1) is 0 Å². The second kappa shape index (κ2) is 5.13. The first-order valence-corrected chi connectivity index (χ1v) is 8.08. The summed E-state index contributed by atoms with van der Waals surface area (Å²) in [7, 11) is 0. The summed E-state index contributed by atoms with van der Waals surface area (Å²) in [6.07, 6.45) is 1.06. The Hall–Kier alpha value is -1.91. The maximum absolute atomic E-state index is 6.08. The van der Waals surface area contributed by atoms with E-state index in [1.54, 1.807) is 11.3 Å². The molecule has 0 spiro atoms. The molecule has 1 unspecified atom stereocenters. The molecule has 21 heavy (non-hydrogen) atoms. The third kappa shape index (κ3) is 2.11. The number of benzene rings is 2. The second-order valence-electron chi connectivity index (χ2n) is 5.36. The molecule has 106 valence electrons. The molecule has 4 rings (SSSR count). The van der Waals surface area contributed by atoms with Gasteiger partial charge in [-0.2, -0.15) is 0 Å². The average molecular weight is 295 g/mol. The predicted molar refractivity (Wildman–Crippen MR) is 88.9 cm³/mol. The van der Waals surface area contributed by atoms with E-state index in [0.717, 1.165) is 23.6 Å². The smallest absolute Gasteiger partial charge is 0.187 e. The largest absolute Gasteiger partial charge is 0.339 e. The molecule has 0 bridgehead atoms. The summed E-state index contributed by atoms with van der Waals surface area (Å²) >= 11 is 1.76. The molecule has 0 radical (unpaired) electrons. The van der Waals surface area contributed by atoms with Crippen LogP contribution in [0.4, 0.5) is 5.13 Å². The van der Waals surface area contributed by atoms with E-state index < -0.39 is 0 Å². The lowest BCUT2D eigenvalue weighted by atomic mass is 9.93. The molecule has 3 aromatic rings. The van der Waals surface area contributed by atoms with Crippen molar-refractivity contribution in [2.24, 2.45) is 5.73 Å². The molecule has 0 fully saturated rings. The number of para-hydroxylation sites is 1. The van der Waals surface area contributed by atoms with Crippen molar-refractivity contribution in [2.75, 3.05) is 18.0 Å². The highest BCUT2D eigenvalue weighted by Crippen LogP contribution is 2.37. The number of thiazole rings is 1. The summed E-state index contributed by atoms with van der Waals surface area (Å²) < 4.78 is 1.24. The normalized spacial score (nSPS) is 18.0. The molecule has 0 saturated heterocycles. The summed E-state index contributed by atoms with van der Waals surface area (Å²) in [5.41, 5.74) is 9.93. The number of rotatable bonds is 2. The van der Waals surface area contributed by atoms with Crippen molar-refractivity contribution in [3.05, 3.63) is 59.7 Å². The van der Waals surface area contributed by atoms with E-state index in [1.807, 2.05) is 6.07 Å². The van der Waals surface area contributed by atoms with Crippen LogP contribution in [0.15, 0.2) is 48.5 Å². The van der Waals surface area contributed by atoms with E-state index in [4.69, 9.17) is 10.7 Å². The lowest BCUT2D eigenvalue weighted by Gasteiger charge is -2.36. The summed E-state index contributed by atoms with van der Waals surface area (Å²) in [5.74, 6) is 0. The topological polar surface area (TPSA) is 42.1 Å². The molecule has 0 amide bonds. The first kappa shape index (κ1) is 12.8. The van der Waals surface area contributed by atoms with Crippen molar-refractivity contribution in [2.45, 2.75) is 12.5 Å². The van der Waals surface area contributed by atoms with Crippen molar-refractivity contribution in [1.29, 1.82) is 0 Å². The van der Waals surface area contributed by atoms with Gasteiger partial charge in [-0.05, 0) is 29.7 Å². The van der Waals surface area contributed by atoms with E-state index in [0.29, 0.717) is 6.54 Å². The van der Waals surface area contributed by atoms with Crippen LogP contribution >= 0.6 is 11.3 Å². The Morgan fingerprint density at radius 2 is 1.95 bits per heavy atom. The van der Waals surface area contributed by atoms with Crippen LogP contribution in [0.25, 0.3) is 10.2 Å². The standard InChI is InChI=1S/C17H17N3S/c18-11-15-13-6-2-1-5-12(13)9-10-20(15)17-19-14-7-3-4-8-16(14)21-17/h1-8,15H,9-11,18H2. The summed E-state index contributed by atoms with van der Waals surface area (Å²) in [6.45, 7) is 1.60. The highest BCUT2D eigenvalue weighted by atomic mass is 32.1. The zero-order chi connectivity index (χ0) is 14.2. The van der Waals surface area contributed by atoms with Gasteiger partial charge in [0.05, 0.1) is 16.3 Å². The summed E-state index contributed by atoms with van der Waals surface area (Å²) in [6, 6.07) is 17.2. The highest BCUT2D eigenvalue weighted by molar-refractivity contribution is 7.22. The molecule has 1 atom stereocenters. The molecule has 1 aliphatic rings. The van der Waals surface area contributed by atoms with E-state index in [-0.39, 0.29) is 6.04 Å². The summed E-state index contributed by atoms with van der Waals surface area (Å²) in [5, 5.41) is 1.08. The van der Waals surface area contributed by atoms with Gasteiger partial charge < -0.3 is 10.6 Å². The second-order valence-corrected chi connectivity index (χ2v) is 6.37. The van der Waals surface area contributed by atoms with Gasteiger partial charge in [-0.25, -0.2) is 4.98 Å². The fourth-order valence-electron chi connectivity index (χ4n) is 3.12. The molecule has 2 heterocycles. The first-order valence-electron chi connectivity index (χ1n) is 7.27. The van der Waals surface area contributed by atoms with Gasteiger partial charge in [0.1, 0.15) is 0 Å². The number of nitrogens with zero attached hydrogens (tertiary/aromatic N) is 2. The Labute approximate surface area is 128 Å². The van der Waals surface area contributed by atoms with Crippen LogP contribution < -0.4 is 10.6 Å². The molecule has 2 aromatic carbocycles. The van der Waals surface area contributed by atoms with Crippen LogP contribution in [0.3, 0.4) is 0 Å². The summed E-state index contributed by atoms with van der Waals surface area (Å²) in [4.78, 5) is 7.16. The van der Waals surface area contributed by atoms with E-state index in [2.05, 4.69) is 47.4 Å². The molecule has 1 aromatic heterocycles. The molecule has 1 aliphatic heterocycles. The van der Waals surface area contributed by atoms with E-state index in [9.17, 15) is 0 Å². The molecular formula is C17H17N3S. The zero-order valence-corrected chi connectivity index (χ0v) is 12.5. The predicted octanol–water partition coefficient (Wildman–Crippen LogP) is 3.36. The van der Waals surface area contributed by atoms with Gasteiger partial charge in [0, 0.05) is 13.1 Å². The Bertz CT molecular complexity index is 747. The van der Waals surface area contributed by atoms with Crippen molar-refractivity contribution in [1.82, 2.24) is 4.98 Å². The average Bonchev–Trinajstić information content (AvgIpc) is 2.97. The minimum atomic E-state index is 0.232. The fourth-order valence-corrected chi connectivity index (χ4v) is 4.16. The molecule has 0 aliphatic carbocycles. The van der Waals surface area contributed by atoms with Crippen LogP contribution in [0.2, 0.25) is 0 Å². The maximum Gasteiger partial charge on any atom is 0.187 e. The van der Waals surface area contributed by atoms with Crippen molar-refractivity contribution in [3.8, 4) is 0 Å².